The number of hydrogen-bond acceptors (Lipinski definition) is 3. The molecule has 0 spiro atoms. The van der Waals surface area contributed by atoms with Gasteiger partial charge in [0.05, 0.1) is 13.2 Å². The van der Waals surface area contributed by atoms with Gasteiger partial charge in [-0.25, -0.2) is 4.39 Å². The topological polar surface area (TPSA) is 47.6 Å². The number of carbonyl (C=O) groups is 1. The van der Waals surface area contributed by atoms with E-state index in [1.165, 1.54) is 6.07 Å². The molecule has 1 saturated carbocycles. The normalized spacial score (nSPS) is 21.7. The van der Waals surface area contributed by atoms with E-state index in [-0.39, 0.29) is 23.6 Å². The molecule has 1 fully saturated rings. The van der Waals surface area contributed by atoms with Gasteiger partial charge in [0.1, 0.15) is 5.82 Å². The standard InChI is InChI=1S/C19H18FNO3/c20-16-5-2-1-4-13(16)14-11-15(14)19(22)21-12-6-7-17-18(10-12)24-9-3-8-23-17/h1-2,4-7,10,14-15H,3,8-9,11H2,(H,21,22). The Morgan fingerprint density at radius 2 is 1.88 bits per heavy atom. The van der Waals surface area contributed by atoms with E-state index < -0.39 is 0 Å². The highest BCUT2D eigenvalue weighted by Gasteiger charge is 2.45. The van der Waals surface area contributed by atoms with Crippen molar-refractivity contribution in [2.45, 2.75) is 18.8 Å². The lowest BCUT2D eigenvalue weighted by molar-refractivity contribution is -0.117. The van der Waals surface area contributed by atoms with Gasteiger partial charge in [0, 0.05) is 24.1 Å². The lowest BCUT2D eigenvalue weighted by Gasteiger charge is -2.10. The second-order valence-electron chi connectivity index (χ2n) is 6.17. The Bertz CT molecular complexity index is 777. The average Bonchev–Trinajstić information content (AvgIpc) is 3.38. The molecule has 1 aliphatic carbocycles. The molecule has 2 unspecified atom stereocenters. The van der Waals surface area contributed by atoms with E-state index in [0.717, 1.165) is 6.42 Å². The fourth-order valence-corrected chi connectivity index (χ4v) is 3.08. The van der Waals surface area contributed by atoms with Gasteiger partial charge in [-0.05, 0) is 36.1 Å². The summed E-state index contributed by atoms with van der Waals surface area (Å²) in [5.41, 5.74) is 1.29. The predicted molar refractivity (Wildman–Crippen MR) is 87.9 cm³/mol. The molecule has 1 N–H and O–H groups in total. The summed E-state index contributed by atoms with van der Waals surface area (Å²) >= 11 is 0. The number of ether oxygens (including phenoxy) is 2. The third-order valence-corrected chi connectivity index (χ3v) is 4.45. The van der Waals surface area contributed by atoms with Crippen molar-refractivity contribution in [1.82, 2.24) is 0 Å². The van der Waals surface area contributed by atoms with Crippen LogP contribution in [0.3, 0.4) is 0 Å². The Hall–Kier alpha value is -2.56. The lowest BCUT2D eigenvalue weighted by atomic mass is 10.1. The van der Waals surface area contributed by atoms with Gasteiger partial charge in [-0.2, -0.15) is 0 Å². The highest BCUT2D eigenvalue weighted by molar-refractivity contribution is 5.95. The lowest BCUT2D eigenvalue weighted by Crippen LogP contribution is -2.14. The second kappa shape index (κ2) is 6.15. The van der Waals surface area contributed by atoms with Crippen LogP contribution in [0.25, 0.3) is 0 Å². The summed E-state index contributed by atoms with van der Waals surface area (Å²) < 4.78 is 25.0. The van der Waals surface area contributed by atoms with Gasteiger partial charge in [0.25, 0.3) is 0 Å². The molecule has 2 aromatic rings. The molecule has 124 valence electrons. The van der Waals surface area contributed by atoms with E-state index in [0.29, 0.717) is 42.4 Å². The Kier molecular flexibility index (Phi) is 3.84. The molecular weight excluding hydrogens is 309 g/mol. The first-order valence-electron chi connectivity index (χ1n) is 8.17. The minimum Gasteiger partial charge on any atom is -0.490 e. The smallest absolute Gasteiger partial charge is 0.228 e. The third kappa shape index (κ3) is 2.94. The number of benzene rings is 2. The first-order valence-corrected chi connectivity index (χ1v) is 8.17. The highest BCUT2D eigenvalue weighted by atomic mass is 19.1. The monoisotopic (exact) mass is 327 g/mol. The Balaban J connectivity index is 1.44. The average molecular weight is 327 g/mol. The number of carbonyl (C=O) groups excluding carboxylic acids is 1. The largest absolute Gasteiger partial charge is 0.490 e. The zero-order valence-electron chi connectivity index (χ0n) is 13.1. The maximum atomic E-state index is 13.8. The van der Waals surface area contributed by atoms with Gasteiger partial charge in [0.15, 0.2) is 11.5 Å². The molecule has 0 radical (unpaired) electrons. The first kappa shape index (κ1) is 15.0. The van der Waals surface area contributed by atoms with Crippen molar-refractivity contribution in [3.63, 3.8) is 0 Å². The molecule has 1 heterocycles. The molecule has 4 rings (SSSR count). The summed E-state index contributed by atoms with van der Waals surface area (Å²) in [5, 5.41) is 2.90. The Labute approximate surface area is 139 Å². The minimum absolute atomic E-state index is 0.0355. The number of halogens is 1. The molecule has 0 aromatic heterocycles. The van der Waals surface area contributed by atoms with Crippen LogP contribution in [0.4, 0.5) is 10.1 Å². The first-order chi connectivity index (χ1) is 11.7. The van der Waals surface area contributed by atoms with Crippen LogP contribution in [0.15, 0.2) is 42.5 Å². The van der Waals surface area contributed by atoms with Crippen LogP contribution in [-0.2, 0) is 4.79 Å². The summed E-state index contributed by atoms with van der Waals surface area (Å²) in [6.45, 7) is 1.23. The van der Waals surface area contributed by atoms with Crippen molar-refractivity contribution >= 4 is 11.6 Å². The zero-order chi connectivity index (χ0) is 16.5. The van der Waals surface area contributed by atoms with Crippen LogP contribution in [0.2, 0.25) is 0 Å². The minimum atomic E-state index is -0.242. The summed E-state index contributed by atoms with van der Waals surface area (Å²) in [5.74, 6) is 0.795. The Morgan fingerprint density at radius 1 is 1.08 bits per heavy atom. The molecule has 2 aliphatic rings. The molecule has 5 heteroatoms. The number of nitrogens with one attached hydrogen (secondary N) is 1. The second-order valence-corrected chi connectivity index (χ2v) is 6.17. The Morgan fingerprint density at radius 3 is 2.71 bits per heavy atom. The van der Waals surface area contributed by atoms with Gasteiger partial charge < -0.3 is 14.8 Å². The fraction of sp³-hybridized carbons (Fsp3) is 0.316. The molecule has 24 heavy (non-hydrogen) atoms. The SMILES string of the molecule is O=C(Nc1ccc2c(c1)OCCCO2)C1CC1c1ccccc1F. The third-order valence-electron chi connectivity index (χ3n) is 4.45. The van der Waals surface area contributed by atoms with Crippen LogP contribution < -0.4 is 14.8 Å². The summed E-state index contributed by atoms with van der Waals surface area (Å²) in [6.07, 6.45) is 1.51. The molecule has 1 amide bonds. The van der Waals surface area contributed by atoms with Crippen molar-refractivity contribution < 1.29 is 18.7 Å². The van der Waals surface area contributed by atoms with Crippen LogP contribution in [-0.4, -0.2) is 19.1 Å². The number of rotatable bonds is 3. The van der Waals surface area contributed by atoms with E-state index in [2.05, 4.69) is 5.32 Å². The van der Waals surface area contributed by atoms with Gasteiger partial charge in [-0.15, -0.1) is 0 Å². The number of anilines is 1. The molecule has 1 aliphatic heterocycles. The van der Waals surface area contributed by atoms with Crippen molar-refractivity contribution in [2.24, 2.45) is 5.92 Å². The van der Waals surface area contributed by atoms with E-state index in [9.17, 15) is 9.18 Å². The van der Waals surface area contributed by atoms with E-state index >= 15 is 0 Å². The van der Waals surface area contributed by atoms with Gasteiger partial charge in [0.2, 0.25) is 5.91 Å². The van der Waals surface area contributed by atoms with Gasteiger partial charge >= 0.3 is 0 Å². The van der Waals surface area contributed by atoms with Crippen LogP contribution in [0.5, 0.6) is 11.5 Å². The van der Waals surface area contributed by atoms with Gasteiger partial charge in [-0.3, -0.25) is 4.79 Å². The summed E-state index contributed by atoms with van der Waals surface area (Å²) in [6, 6.07) is 12.0. The van der Waals surface area contributed by atoms with Crippen LogP contribution in [0.1, 0.15) is 24.3 Å². The van der Waals surface area contributed by atoms with Crippen LogP contribution >= 0.6 is 0 Å². The van der Waals surface area contributed by atoms with E-state index in [1.807, 2.05) is 0 Å². The van der Waals surface area contributed by atoms with E-state index in [4.69, 9.17) is 9.47 Å². The van der Waals surface area contributed by atoms with Crippen molar-refractivity contribution in [1.29, 1.82) is 0 Å². The van der Waals surface area contributed by atoms with Crippen molar-refractivity contribution in [2.75, 3.05) is 18.5 Å². The number of amides is 1. The number of hydrogen-bond donors (Lipinski definition) is 1. The van der Waals surface area contributed by atoms with E-state index in [1.54, 1.807) is 36.4 Å². The molecule has 0 bridgehead atoms. The van der Waals surface area contributed by atoms with Crippen LogP contribution in [0, 0.1) is 11.7 Å². The summed E-state index contributed by atoms with van der Waals surface area (Å²) in [7, 11) is 0. The molecule has 0 saturated heterocycles. The van der Waals surface area contributed by atoms with Crippen molar-refractivity contribution in [3.05, 3.63) is 53.8 Å². The molecular formula is C19H18FNO3. The maximum Gasteiger partial charge on any atom is 0.228 e. The van der Waals surface area contributed by atoms with Gasteiger partial charge in [-0.1, -0.05) is 18.2 Å². The predicted octanol–water partition coefficient (Wildman–Crippen LogP) is 3.73. The maximum absolute atomic E-state index is 13.8. The summed E-state index contributed by atoms with van der Waals surface area (Å²) in [4.78, 5) is 12.4. The molecule has 2 aromatic carbocycles. The number of fused-ring (bicyclic) bond motifs is 1. The quantitative estimate of drug-likeness (QED) is 0.934. The molecule has 4 nitrogen and oxygen atoms in total. The molecule has 2 atom stereocenters. The van der Waals surface area contributed by atoms with Crippen molar-refractivity contribution in [3.8, 4) is 11.5 Å². The zero-order valence-corrected chi connectivity index (χ0v) is 13.1. The highest BCUT2D eigenvalue weighted by Crippen LogP contribution is 2.48. The fourth-order valence-electron chi connectivity index (χ4n) is 3.08.